The van der Waals surface area contributed by atoms with Gasteiger partial charge in [-0.25, -0.2) is 0 Å². The Hall–Kier alpha value is -2.37. The molecule has 0 aliphatic carbocycles. The molecule has 0 bridgehead atoms. The molecular weight excluding hydrogens is 330 g/mol. The van der Waals surface area contributed by atoms with Gasteiger partial charge >= 0.3 is 0 Å². The molecule has 1 aromatic carbocycles. The number of hydrogen-bond donors (Lipinski definition) is 2. The van der Waals surface area contributed by atoms with Gasteiger partial charge in [-0.2, -0.15) is 0 Å². The van der Waals surface area contributed by atoms with Crippen LogP contribution in [-0.4, -0.2) is 48.3 Å². The van der Waals surface area contributed by atoms with Gasteiger partial charge in [0, 0.05) is 31.6 Å². The summed E-state index contributed by atoms with van der Waals surface area (Å²) >= 11 is 0. The second kappa shape index (κ2) is 10.6. The van der Waals surface area contributed by atoms with Gasteiger partial charge in [0.2, 0.25) is 11.8 Å². The first-order chi connectivity index (χ1) is 12.6. The molecule has 2 N–H and O–H groups in total. The number of nitrogens with zero attached hydrogens (tertiary/aromatic N) is 1. The molecular formula is C20H29N3O3. The molecule has 3 amide bonds. The van der Waals surface area contributed by atoms with Crippen LogP contribution >= 0.6 is 0 Å². The van der Waals surface area contributed by atoms with E-state index in [1.54, 1.807) is 17.0 Å². The Balaban J connectivity index is 1.71. The van der Waals surface area contributed by atoms with Crippen molar-refractivity contribution >= 4 is 17.7 Å². The Morgan fingerprint density at radius 2 is 1.81 bits per heavy atom. The zero-order chi connectivity index (χ0) is 18.8. The molecule has 142 valence electrons. The fraction of sp³-hybridized carbons (Fsp3) is 0.550. The highest BCUT2D eigenvalue weighted by Crippen LogP contribution is 2.19. The standard InChI is InChI=1S/C20H29N3O3/c1-2-3-5-12-18(24)23-15-8-11-17(23)20(26)22-14-13-21-19(25)16-9-6-4-7-10-16/h4,6-7,9-10,17H,2-3,5,8,11-15H2,1H3,(H,21,25)(H,22,26)/t17-/m0/s1. The fourth-order valence-corrected chi connectivity index (χ4v) is 3.18. The first-order valence-corrected chi connectivity index (χ1v) is 9.54. The van der Waals surface area contributed by atoms with Crippen molar-refractivity contribution in [2.45, 2.75) is 51.5 Å². The van der Waals surface area contributed by atoms with Gasteiger partial charge in [0.15, 0.2) is 0 Å². The van der Waals surface area contributed by atoms with E-state index in [9.17, 15) is 14.4 Å². The lowest BCUT2D eigenvalue weighted by Gasteiger charge is -2.24. The van der Waals surface area contributed by atoms with Gasteiger partial charge in [-0.3, -0.25) is 14.4 Å². The van der Waals surface area contributed by atoms with E-state index >= 15 is 0 Å². The smallest absolute Gasteiger partial charge is 0.251 e. The molecule has 0 aromatic heterocycles. The summed E-state index contributed by atoms with van der Waals surface area (Å²) in [4.78, 5) is 38.3. The van der Waals surface area contributed by atoms with E-state index in [-0.39, 0.29) is 23.8 Å². The van der Waals surface area contributed by atoms with E-state index in [4.69, 9.17) is 0 Å². The third kappa shape index (κ3) is 5.86. The highest BCUT2D eigenvalue weighted by molar-refractivity contribution is 5.94. The summed E-state index contributed by atoms with van der Waals surface area (Å²) in [5.74, 6) is -0.206. The predicted molar refractivity (Wildman–Crippen MR) is 101 cm³/mol. The Kier molecular flexibility index (Phi) is 8.12. The zero-order valence-corrected chi connectivity index (χ0v) is 15.5. The van der Waals surface area contributed by atoms with Gasteiger partial charge in [-0.1, -0.05) is 38.0 Å². The van der Waals surface area contributed by atoms with Crippen LogP contribution in [0.25, 0.3) is 0 Å². The Labute approximate surface area is 155 Å². The van der Waals surface area contributed by atoms with Crippen LogP contribution < -0.4 is 10.6 Å². The van der Waals surface area contributed by atoms with Crippen molar-refractivity contribution in [3.05, 3.63) is 35.9 Å². The van der Waals surface area contributed by atoms with E-state index in [0.29, 0.717) is 38.0 Å². The van der Waals surface area contributed by atoms with Gasteiger partial charge in [0.1, 0.15) is 6.04 Å². The molecule has 1 aliphatic heterocycles. The summed E-state index contributed by atoms with van der Waals surface area (Å²) in [6.45, 7) is 3.48. The lowest BCUT2D eigenvalue weighted by Crippen LogP contribution is -2.47. The SMILES string of the molecule is CCCCCC(=O)N1CCC[C@H]1C(=O)NCCNC(=O)c1ccccc1. The Bertz CT molecular complexity index is 604. The lowest BCUT2D eigenvalue weighted by atomic mass is 10.1. The van der Waals surface area contributed by atoms with Gasteiger partial charge in [-0.15, -0.1) is 0 Å². The molecule has 0 unspecified atom stereocenters. The number of rotatable bonds is 9. The molecule has 1 aromatic rings. The number of hydrogen-bond acceptors (Lipinski definition) is 3. The minimum Gasteiger partial charge on any atom is -0.353 e. The van der Waals surface area contributed by atoms with Crippen molar-refractivity contribution in [1.82, 2.24) is 15.5 Å². The van der Waals surface area contributed by atoms with Crippen molar-refractivity contribution in [1.29, 1.82) is 0 Å². The highest BCUT2D eigenvalue weighted by Gasteiger charge is 2.33. The number of benzene rings is 1. The first kappa shape index (κ1) is 19.9. The van der Waals surface area contributed by atoms with Crippen molar-refractivity contribution in [3.63, 3.8) is 0 Å². The highest BCUT2D eigenvalue weighted by atomic mass is 16.2. The molecule has 1 aliphatic rings. The third-order valence-electron chi connectivity index (χ3n) is 4.62. The van der Waals surface area contributed by atoms with Crippen molar-refractivity contribution < 1.29 is 14.4 Å². The quantitative estimate of drug-likeness (QED) is 0.663. The molecule has 1 heterocycles. The summed E-state index contributed by atoms with van der Waals surface area (Å²) in [6, 6.07) is 8.59. The van der Waals surface area contributed by atoms with Gasteiger partial charge in [-0.05, 0) is 31.4 Å². The monoisotopic (exact) mass is 359 g/mol. The molecule has 6 heteroatoms. The molecule has 0 saturated carbocycles. The molecule has 1 atom stereocenters. The molecule has 0 radical (unpaired) electrons. The fourth-order valence-electron chi connectivity index (χ4n) is 3.18. The Morgan fingerprint density at radius 1 is 1.08 bits per heavy atom. The zero-order valence-electron chi connectivity index (χ0n) is 15.5. The third-order valence-corrected chi connectivity index (χ3v) is 4.62. The van der Waals surface area contributed by atoms with Gasteiger partial charge in [0.25, 0.3) is 5.91 Å². The average molecular weight is 359 g/mol. The summed E-state index contributed by atoms with van der Waals surface area (Å²) in [5.41, 5.74) is 0.596. The Morgan fingerprint density at radius 3 is 2.54 bits per heavy atom. The second-order valence-corrected chi connectivity index (χ2v) is 6.62. The maximum atomic E-state index is 12.4. The lowest BCUT2D eigenvalue weighted by molar-refractivity contribution is -0.138. The average Bonchev–Trinajstić information content (AvgIpc) is 3.15. The number of carbonyl (C=O) groups is 3. The van der Waals surface area contributed by atoms with Crippen molar-refractivity contribution in [2.75, 3.05) is 19.6 Å². The van der Waals surface area contributed by atoms with Gasteiger partial charge in [0.05, 0.1) is 0 Å². The van der Waals surface area contributed by atoms with E-state index in [2.05, 4.69) is 17.6 Å². The van der Waals surface area contributed by atoms with Crippen LogP contribution in [0.1, 0.15) is 55.8 Å². The maximum absolute atomic E-state index is 12.4. The summed E-state index contributed by atoms with van der Waals surface area (Å²) in [5, 5.41) is 5.62. The minimum absolute atomic E-state index is 0.0773. The topological polar surface area (TPSA) is 78.5 Å². The van der Waals surface area contributed by atoms with Crippen LogP contribution in [-0.2, 0) is 9.59 Å². The van der Waals surface area contributed by atoms with Crippen LogP contribution in [0.5, 0.6) is 0 Å². The summed E-state index contributed by atoms with van der Waals surface area (Å²) in [7, 11) is 0. The first-order valence-electron chi connectivity index (χ1n) is 9.54. The largest absolute Gasteiger partial charge is 0.353 e. The molecule has 0 spiro atoms. The van der Waals surface area contributed by atoms with E-state index < -0.39 is 0 Å². The van der Waals surface area contributed by atoms with Crippen LogP contribution in [0.15, 0.2) is 30.3 Å². The van der Waals surface area contributed by atoms with Gasteiger partial charge < -0.3 is 15.5 Å². The summed E-state index contributed by atoms with van der Waals surface area (Å²) < 4.78 is 0. The van der Waals surface area contributed by atoms with Crippen molar-refractivity contribution in [2.24, 2.45) is 0 Å². The molecule has 1 saturated heterocycles. The normalized spacial score (nSPS) is 16.3. The summed E-state index contributed by atoms with van der Waals surface area (Å²) in [6.07, 6.45) is 5.09. The molecule has 6 nitrogen and oxygen atoms in total. The van der Waals surface area contributed by atoms with Crippen LogP contribution in [0.2, 0.25) is 0 Å². The van der Waals surface area contributed by atoms with Crippen LogP contribution in [0, 0.1) is 0 Å². The van der Waals surface area contributed by atoms with E-state index in [0.717, 1.165) is 25.7 Å². The number of unbranched alkanes of at least 4 members (excludes halogenated alkanes) is 2. The van der Waals surface area contributed by atoms with E-state index in [1.807, 2.05) is 18.2 Å². The van der Waals surface area contributed by atoms with Crippen LogP contribution in [0.4, 0.5) is 0 Å². The molecule has 1 fully saturated rings. The molecule has 2 rings (SSSR count). The second-order valence-electron chi connectivity index (χ2n) is 6.62. The number of carbonyl (C=O) groups excluding carboxylic acids is 3. The number of amides is 3. The maximum Gasteiger partial charge on any atom is 0.251 e. The van der Waals surface area contributed by atoms with E-state index in [1.165, 1.54) is 0 Å². The number of likely N-dealkylation sites (tertiary alicyclic amines) is 1. The van der Waals surface area contributed by atoms with Crippen molar-refractivity contribution in [3.8, 4) is 0 Å². The molecule has 26 heavy (non-hydrogen) atoms. The predicted octanol–water partition coefficient (Wildman–Crippen LogP) is 2.10. The number of nitrogens with one attached hydrogen (secondary N) is 2. The van der Waals surface area contributed by atoms with Crippen LogP contribution in [0.3, 0.4) is 0 Å². The minimum atomic E-state index is -0.367.